The Kier molecular flexibility index (Phi) is 3.16. The minimum absolute atomic E-state index is 0.109. The predicted molar refractivity (Wildman–Crippen MR) is 73.6 cm³/mol. The van der Waals surface area contributed by atoms with Gasteiger partial charge in [0, 0.05) is 5.41 Å². The number of hydrogen-bond donors (Lipinski definition) is 2. The zero-order valence-corrected chi connectivity index (χ0v) is 11.2. The summed E-state index contributed by atoms with van der Waals surface area (Å²) in [6.07, 6.45) is 5.34. The summed E-state index contributed by atoms with van der Waals surface area (Å²) in [6.45, 7) is 4.34. The van der Waals surface area contributed by atoms with Gasteiger partial charge in [0.25, 0.3) is 0 Å². The van der Waals surface area contributed by atoms with E-state index in [1.807, 2.05) is 0 Å². The van der Waals surface area contributed by atoms with Crippen molar-refractivity contribution in [1.82, 2.24) is 5.32 Å². The number of aryl methyl sites for hydroxylation is 1. The van der Waals surface area contributed by atoms with E-state index >= 15 is 0 Å². The molecule has 1 spiro atoms. The Hall–Kier alpha value is -0.860. The van der Waals surface area contributed by atoms with Crippen LogP contribution in [0.3, 0.4) is 0 Å². The van der Waals surface area contributed by atoms with E-state index in [9.17, 15) is 5.11 Å². The lowest BCUT2D eigenvalue weighted by atomic mass is 9.76. The summed E-state index contributed by atoms with van der Waals surface area (Å²) in [5, 5.41) is 14.2. The molecule has 18 heavy (non-hydrogen) atoms. The second-order valence-corrected chi connectivity index (χ2v) is 5.93. The third kappa shape index (κ3) is 1.88. The maximum Gasteiger partial charge on any atom is 0.0852 e. The second-order valence-electron chi connectivity index (χ2n) is 5.93. The van der Waals surface area contributed by atoms with Gasteiger partial charge in [-0.25, -0.2) is 0 Å². The van der Waals surface area contributed by atoms with Crippen molar-refractivity contribution in [2.45, 2.75) is 45.1 Å². The van der Waals surface area contributed by atoms with Crippen molar-refractivity contribution in [3.63, 3.8) is 0 Å². The number of nitrogens with one attached hydrogen (secondary N) is 1. The van der Waals surface area contributed by atoms with Crippen molar-refractivity contribution in [3.8, 4) is 0 Å². The Bertz CT molecular complexity index is 433. The zero-order chi connectivity index (χ0) is 12.6. The molecule has 1 aromatic rings. The molecule has 0 amide bonds. The smallest absolute Gasteiger partial charge is 0.0852 e. The molecule has 2 unspecified atom stereocenters. The van der Waals surface area contributed by atoms with E-state index in [1.54, 1.807) is 0 Å². The molecule has 98 valence electrons. The molecule has 0 saturated carbocycles. The van der Waals surface area contributed by atoms with Crippen LogP contribution in [-0.4, -0.2) is 18.2 Å². The molecule has 0 radical (unpaired) electrons. The summed E-state index contributed by atoms with van der Waals surface area (Å²) in [6, 6.07) is 6.65. The lowest BCUT2D eigenvalue weighted by Gasteiger charge is -2.31. The van der Waals surface area contributed by atoms with Crippen LogP contribution in [0.25, 0.3) is 0 Å². The highest BCUT2D eigenvalue weighted by Crippen LogP contribution is 2.51. The minimum atomic E-state index is -0.252. The topological polar surface area (TPSA) is 32.3 Å². The lowest BCUT2D eigenvalue weighted by Crippen LogP contribution is -2.27. The van der Waals surface area contributed by atoms with Gasteiger partial charge in [-0.1, -0.05) is 25.1 Å². The van der Waals surface area contributed by atoms with Gasteiger partial charge in [-0.3, -0.25) is 0 Å². The van der Waals surface area contributed by atoms with Crippen molar-refractivity contribution >= 4 is 0 Å². The van der Waals surface area contributed by atoms with Crippen molar-refractivity contribution < 1.29 is 5.11 Å². The molecular formula is C16H23NO. The number of rotatable bonds is 1. The highest BCUT2D eigenvalue weighted by Gasteiger charge is 2.44. The van der Waals surface area contributed by atoms with Crippen LogP contribution in [0.15, 0.2) is 18.2 Å². The first-order valence-electron chi connectivity index (χ1n) is 7.26. The highest BCUT2D eigenvalue weighted by atomic mass is 16.3. The molecule has 2 aliphatic rings. The fraction of sp³-hybridized carbons (Fsp3) is 0.625. The van der Waals surface area contributed by atoms with Crippen molar-refractivity contribution in [2.24, 2.45) is 5.41 Å². The Balaban J connectivity index is 1.93. The second kappa shape index (κ2) is 4.67. The molecule has 1 aliphatic heterocycles. The molecule has 0 aromatic heterocycles. The Morgan fingerprint density at radius 1 is 1.33 bits per heavy atom. The van der Waals surface area contributed by atoms with Gasteiger partial charge in [-0.05, 0) is 61.9 Å². The van der Waals surface area contributed by atoms with Crippen LogP contribution in [0.1, 0.15) is 49.0 Å². The monoisotopic (exact) mass is 245 g/mol. The fourth-order valence-electron chi connectivity index (χ4n) is 3.71. The number of aliphatic hydroxyl groups is 1. The summed E-state index contributed by atoms with van der Waals surface area (Å²) in [7, 11) is 0. The van der Waals surface area contributed by atoms with E-state index in [1.165, 1.54) is 23.1 Å². The number of hydrogen-bond acceptors (Lipinski definition) is 2. The van der Waals surface area contributed by atoms with Crippen LogP contribution >= 0.6 is 0 Å². The fourth-order valence-corrected chi connectivity index (χ4v) is 3.71. The average molecular weight is 245 g/mol. The molecule has 2 N–H and O–H groups in total. The normalized spacial score (nSPS) is 31.3. The molecule has 1 aliphatic carbocycles. The highest BCUT2D eigenvalue weighted by molar-refractivity contribution is 5.40. The Morgan fingerprint density at radius 2 is 2.22 bits per heavy atom. The van der Waals surface area contributed by atoms with E-state index in [2.05, 4.69) is 30.4 Å². The molecule has 1 saturated heterocycles. The first-order chi connectivity index (χ1) is 8.75. The Labute approximate surface area is 109 Å². The maximum absolute atomic E-state index is 10.7. The largest absolute Gasteiger partial charge is 0.388 e. The maximum atomic E-state index is 10.7. The summed E-state index contributed by atoms with van der Waals surface area (Å²) in [5.41, 5.74) is 4.08. The summed E-state index contributed by atoms with van der Waals surface area (Å²) in [4.78, 5) is 0. The van der Waals surface area contributed by atoms with Crippen LogP contribution in [0.5, 0.6) is 0 Å². The van der Waals surface area contributed by atoms with Gasteiger partial charge in [0.15, 0.2) is 0 Å². The van der Waals surface area contributed by atoms with Gasteiger partial charge >= 0.3 is 0 Å². The molecule has 2 nitrogen and oxygen atoms in total. The van der Waals surface area contributed by atoms with Crippen molar-refractivity contribution in [3.05, 3.63) is 34.9 Å². The first kappa shape index (κ1) is 12.2. The summed E-state index contributed by atoms with van der Waals surface area (Å²) >= 11 is 0. The molecular weight excluding hydrogens is 222 g/mol. The molecule has 2 heteroatoms. The van der Waals surface area contributed by atoms with E-state index < -0.39 is 0 Å². The van der Waals surface area contributed by atoms with E-state index in [-0.39, 0.29) is 11.5 Å². The van der Waals surface area contributed by atoms with Crippen molar-refractivity contribution in [1.29, 1.82) is 0 Å². The van der Waals surface area contributed by atoms with Gasteiger partial charge < -0.3 is 10.4 Å². The van der Waals surface area contributed by atoms with Gasteiger partial charge in [0.05, 0.1) is 6.10 Å². The zero-order valence-electron chi connectivity index (χ0n) is 11.2. The van der Waals surface area contributed by atoms with E-state index in [4.69, 9.17) is 0 Å². The van der Waals surface area contributed by atoms with E-state index in [0.29, 0.717) is 0 Å². The molecule has 1 heterocycles. The molecule has 1 fully saturated rings. The number of fused-ring (bicyclic) bond motifs is 1. The van der Waals surface area contributed by atoms with Gasteiger partial charge in [0.1, 0.15) is 0 Å². The number of aliphatic hydroxyl groups excluding tert-OH is 1. The van der Waals surface area contributed by atoms with Crippen LogP contribution in [-0.2, 0) is 12.8 Å². The number of benzene rings is 1. The quantitative estimate of drug-likeness (QED) is 0.797. The molecule has 2 atom stereocenters. The molecule has 0 bridgehead atoms. The van der Waals surface area contributed by atoms with Crippen LogP contribution in [0.2, 0.25) is 0 Å². The first-order valence-corrected chi connectivity index (χ1v) is 7.26. The van der Waals surface area contributed by atoms with Crippen LogP contribution in [0, 0.1) is 5.41 Å². The van der Waals surface area contributed by atoms with Gasteiger partial charge in [0.2, 0.25) is 0 Å². The third-order valence-corrected chi connectivity index (χ3v) is 4.86. The minimum Gasteiger partial charge on any atom is -0.388 e. The molecule has 3 rings (SSSR count). The van der Waals surface area contributed by atoms with Gasteiger partial charge in [-0.15, -0.1) is 0 Å². The SMILES string of the molecule is CCc1ccc2c(c1)CC1(CCCNCC1)C2O. The van der Waals surface area contributed by atoms with Crippen LogP contribution in [0.4, 0.5) is 0 Å². The van der Waals surface area contributed by atoms with Crippen LogP contribution < -0.4 is 5.32 Å². The summed E-state index contributed by atoms with van der Waals surface area (Å²) in [5.74, 6) is 0. The lowest BCUT2D eigenvalue weighted by molar-refractivity contribution is 0.0290. The molecule has 1 aromatic carbocycles. The predicted octanol–water partition coefficient (Wildman–Crippen LogP) is 2.60. The average Bonchev–Trinajstić information content (AvgIpc) is 2.57. The third-order valence-electron chi connectivity index (χ3n) is 4.86. The standard InChI is InChI=1S/C16H23NO/c1-2-12-4-5-14-13(10-12)11-16(15(14)18)6-3-8-17-9-7-16/h4-5,10,15,17-18H,2-3,6-9,11H2,1H3. The van der Waals surface area contributed by atoms with Crippen molar-refractivity contribution in [2.75, 3.05) is 13.1 Å². The Morgan fingerprint density at radius 3 is 3.06 bits per heavy atom. The van der Waals surface area contributed by atoms with E-state index in [0.717, 1.165) is 38.8 Å². The van der Waals surface area contributed by atoms with Gasteiger partial charge in [-0.2, -0.15) is 0 Å². The summed E-state index contributed by atoms with van der Waals surface area (Å²) < 4.78 is 0.